The average molecular weight is 344 g/mol. The van der Waals surface area contributed by atoms with Crippen molar-refractivity contribution in [2.75, 3.05) is 0 Å². The van der Waals surface area contributed by atoms with E-state index in [1.54, 1.807) is 10.8 Å². The Morgan fingerprint density at radius 1 is 1.29 bits per heavy atom. The van der Waals surface area contributed by atoms with E-state index in [-0.39, 0.29) is 5.69 Å². The van der Waals surface area contributed by atoms with Crippen molar-refractivity contribution in [3.05, 3.63) is 64.2 Å². The fourth-order valence-corrected chi connectivity index (χ4v) is 3.11. The summed E-state index contributed by atoms with van der Waals surface area (Å²) in [5.41, 5.74) is 1.000. The molecule has 0 bridgehead atoms. The summed E-state index contributed by atoms with van der Waals surface area (Å²) in [6, 6.07) is 10.1. The Morgan fingerprint density at radius 2 is 2.08 bits per heavy atom. The fraction of sp³-hybridized carbons (Fsp3) is 0.353. The van der Waals surface area contributed by atoms with Crippen molar-refractivity contribution in [3.63, 3.8) is 0 Å². The van der Waals surface area contributed by atoms with Crippen LogP contribution in [0.25, 0.3) is 0 Å². The first-order valence-electron chi connectivity index (χ1n) is 7.90. The number of rotatable bonds is 7. The monoisotopic (exact) mass is 344 g/mol. The van der Waals surface area contributed by atoms with Gasteiger partial charge in [-0.3, -0.25) is 4.57 Å². The summed E-state index contributed by atoms with van der Waals surface area (Å²) in [7, 11) is 0. The van der Waals surface area contributed by atoms with E-state index in [0.717, 1.165) is 12.2 Å². The van der Waals surface area contributed by atoms with Gasteiger partial charge in [0.1, 0.15) is 5.76 Å². The largest absolute Gasteiger partial charge is 0.445 e. The van der Waals surface area contributed by atoms with Crippen LogP contribution in [-0.2, 0) is 18.7 Å². The molecule has 0 aliphatic rings. The van der Waals surface area contributed by atoms with Crippen LogP contribution in [0, 0.1) is 0 Å². The van der Waals surface area contributed by atoms with Gasteiger partial charge in [0.2, 0.25) is 5.89 Å². The summed E-state index contributed by atoms with van der Waals surface area (Å²) < 4.78 is 7.34. The van der Waals surface area contributed by atoms with E-state index in [1.807, 2.05) is 18.2 Å². The molecular weight excluding hydrogens is 324 g/mol. The lowest BCUT2D eigenvalue weighted by Gasteiger charge is -2.05. The highest BCUT2D eigenvalue weighted by Crippen LogP contribution is 2.22. The van der Waals surface area contributed by atoms with Crippen molar-refractivity contribution in [1.82, 2.24) is 19.7 Å². The average Bonchev–Trinajstić information content (AvgIpc) is 3.19. The lowest BCUT2D eigenvalue weighted by Crippen LogP contribution is -2.18. The highest BCUT2D eigenvalue weighted by molar-refractivity contribution is 7.98. The van der Waals surface area contributed by atoms with Crippen molar-refractivity contribution < 1.29 is 4.42 Å². The third-order valence-electron chi connectivity index (χ3n) is 3.66. The lowest BCUT2D eigenvalue weighted by molar-refractivity contribution is 0.453. The Hall–Kier alpha value is -2.28. The Kier molecular flexibility index (Phi) is 5.20. The molecule has 0 fully saturated rings. The molecule has 24 heavy (non-hydrogen) atoms. The highest BCUT2D eigenvalue weighted by atomic mass is 32.2. The second kappa shape index (κ2) is 7.53. The molecule has 2 aromatic heterocycles. The smallest absolute Gasteiger partial charge is 0.343 e. The number of hydrogen-bond donors (Lipinski definition) is 1. The number of oxazole rings is 1. The number of H-pyrrole nitrogens is 1. The van der Waals surface area contributed by atoms with E-state index < -0.39 is 0 Å². The Balaban J connectivity index is 1.64. The van der Waals surface area contributed by atoms with Gasteiger partial charge < -0.3 is 4.42 Å². The van der Waals surface area contributed by atoms with Gasteiger partial charge in [0, 0.05) is 12.5 Å². The van der Waals surface area contributed by atoms with E-state index in [9.17, 15) is 4.79 Å². The molecule has 0 saturated heterocycles. The highest BCUT2D eigenvalue weighted by Gasteiger charge is 2.12. The molecule has 3 rings (SSSR count). The van der Waals surface area contributed by atoms with E-state index in [4.69, 9.17) is 4.42 Å². The number of aromatic amines is 1. The van der Waals surface area contributed by atoms with Gasteiger partial charge in [0.25, 0.3) is 0 Å². The summed E-state index contributed by atoms with van der Waals surface area (Å²) in [6.07, 6.45) is 2.54. The van der Waals surface area contributed by atoms with Gasteiger partial charge in [-0.05, 0) is 12.0 Å². The predicted octanol–water partition coefficient (Wildman–Crippen LogP) is 3.22. The maximum Gasteiger partial charge on any atom is 0.343 e. The van der Waals surface area contributed by atoms with Gasteiger partial charge in [0.15, 0.2) is 5.16 Å². The molecule has 3 aromatic rings. The normalized spacial score (nSPS) is 11.3. The van der Waals surface area contributed by atoms with Crippen LogP contribution in [0.2, 0.25) is 0 Å². The van der Waals surface area contributed by atoms with Crippen LogP contribution in [0.3, 0.4) is 0 Å². The zero-order valence-electron chi connectivity index (χ0n) is 13.7. The van der Waals surface area contributed by atoms with E-state index in [2.05, 4.69) is 41.2 Å². The third-order valence-corrected chi connectivity index (χ3v) is 4.62. The van der Waals surface area contributed by atoms with Crippen molar-refractivity contribution in [1.29, 1.82) is 0 Å². The topological polar surface area (TPSA) is 76.7 Å². The van der Waals surface area contributed by atoms with Crippen LogP contribution < -0.4 is 5.69 Å². The summed E-state index contributed by atoms with van der Waals surface area (Å²) in [5, 5.41) is 7.28. The molecule has 0 saturated carbocycles. The maximum absolute atomic E-state index is 12.0. The maximum atomic E-state index is 12.0. The van der Waals surface area contributed by atoms with Crippen molar-refractivity contribution in [2.45, 2.75) is 43.6 Å². The SMILES string of the molecule is CC(C)c1cnc(CSc2n[nH]c(=O)n2CCc2ccccc2)o1. The van der Waals surface area contributed by atoms with Gasteiger partial charge in [-0.2, -0.15) is 0 Å². The first kappa shape index (κ1) is 16.6. The molecule has 0 unspecified atom stereocenters. The van der Waals surface area contributed by atoms with Gasteiger partial charge in [-0.25, -0.2) is 14.9 Å². The minimum Gasteiger partial charge on any atom is -0.445 e. The van der Waals surface area contributed by atoms with Crippen LogP contribution in [-0.4, -0.2) is 19.7 Å². The summed E-state index contributed by atoms with van der Waals surface area (Å²) in [6.45, 7) is 4.71. The Morgan fingerprint density at radius 3 is 2.79 bits per heavy atom. The molecule has 0 aliphatic heterocycles. The number of aromatic nitrogens is 4. The van der Waals surface area contributed by atoms with Gasteiger partial charge in [0.05, 0.1) is 11.9 Å². The number of nitrogens with zero attached hydrogens (tertiary/aromatic N) is 3. The predicted molar refractivity (Wildman–Crippen MR) is 93.1 cm³/mol. The molecule has 126 valence electrons. The zero-order valence-corrected chi connectivity index (χ0v) is 14.5. The van der Waals surface area contributed by atoms with Crippen LogP contribution >= 0.6 is 11.8 Å². The summed E-state index contributed by atoms with van der Waals surface area (Å²) in [4.78, 5) is 16.2. The molecule has 0 atom stereocenters. The molecule has 1 N–H and O–H groups in total. The first-order chi connectivity index (χ1) is 11.6. The minimum atomic E-state index is -0.191. The van der Waals surface area contributed by atoms with Crippen LogP contribution in [0.15, 0.2) is 50.9 Å². The van der Waals surface area contributed by atoms with Crippen LogP contribution in [0.1, 0.15) is 37.0 Å². The molecule has 2 heterocycles. The molecule has 0 radical (unpaired) electrons. The van der Waals surface area contributed by atoms with Gasteiger partial charge in [-0.15, -0.1) is 5.10 Å². The van der Waals surface area contributed by atoms with Crippen LogP contribution in [0.4, 0.5) is 0 Å². The number of thioether (sulfide) groups is 1. The van der Waals surface area contributed by atoms with Gasteiger partial charge in [-0.1, -0.05) is 55.9 Å². The van der Waals surface area contributed by atoms with Crippen LogP contribution in [0.5, 0.6) is 0 Å². The molecule has 1 aromatic carbocycles. The van der Waals surface area contributed by atoms with Crippen molar-refractivity contribution in [3.8, 4) is 0 Å². The molecule has 7 heteroatoms. The Bertz CT molecular complexity index is 836. The third kappa shape index (κ3) is 3.97. The summed E-state index contributed by atoms with van der Waals surface area (Å²) in [5.74, 6) is 2.37. The second-order valence-electron chi connectivity index (χ2n) is 5.80. The quantitative estimate of drug-likeness (QED) is 0.666. The number of nitrogens with one attached hydrogen (secondary N) is 1. The van der Waals surface area contributed by atoms with Crippen molar-refractivity contribution >= 4 is 11.8 Å². The van der Waals surface area contributed by atoms with E-state index in [1.165, 1.54) is 17.3 Å². The summed E-state index contributed by atoms with van der Waals surface area (Å²) >= 11 is 1.45. The zero-order chi connectivity index (χ0) is 16.9. The molecule has 0 spiro atoms. The standard InChI is InChI=1S/C17H20N4O2S/c1-12(2)14-10-18-15(23-14)11-24-17-20-19-16(22)21(17)9-8-13-6-4-3-5-7-13/h3-7,10,12H,8-9,11H2,1-2H3,(H,19,22). The number of aryl methyl sites for hydroxylation is 1. The lowest BCUT2D eigenvalue weighted by atomic mass is 10.1. The first-order valence-corrected chi connectivity index (χ1v) is 8.88. The molecule has 0 aliphatic carbocycles. The molecular formula is C17H20N4O2S. The van der Waals surface area contributed by atoms with E-state index in [0.29, 0.717) is 29.3 Å². The number of benzene rings is 1. The Labute approximate surface area is 144 Å². The molecule has 0 amide bonds. The number of hydrogen-bond acceptors (Lipinski definition) is 5. The molecule has 6 nitrogen and oxygen atoms in total. The van der Waals surface area contributed by atoms with E-state index >= 15 is 0 Å². The van der Waals surface area contributed by atoms with Gasteiger partial charge >= 0.3 is 5.69 Å². The van der Waals surface area contributed by atoms with Crippen molar-refractivity contribution in [2.24, 2.45) is 0 Å². The fourth-order valence-electron chi connectivity index (χ4n) is 2.28. The minimum absolute atomic E-state index is 0.191. The second-order valence-corrected chi connectivity index (χ2v) is 6.74.